The second-order valence-electron chi connectivity index (χ2n) is 5.37. The summed E-state index contributed by atoms with van der Waals surface area (Å²) in [6.45, 7) is 8.55. The largest absolute Gasteiger partial charge is 0.0620 e. The Morgan fingerprint density at radius 2 is 0.800 bits per heavy atom. The van der Waals surface area contributed by atoms with Crippen LogP contribution in [-0.4, -0.2) is 0 Å². The zero-order chi connectivity index (χ0) is 14.5. The lowest BCUT2D eigenvalue weighted by atomic mass is 10.0. The van der Waals surface area contributed by atoms with Crippen molar-refractivity contribution >= 4 is 10.8 Å². The van der Waals surface area contributed by atoms with Crippen molar-refractivity contribution in [3.8, 4) is 0 Å². The number of aryl methyl sites for hydroxylation is 4. The molecule has 0 fully saturated rings. The van der Waals surface area contributed by atoms with Crippen LogP contribution in [0.15, 0.2) is 60.7 Å². The molecule has 0 radical (unpaired) electrons. The number of fused-ring (bicyclic) bond motifs is 1. The molecule has 0 unspecified atom stereocenters. The summed E-state index contributed by atoms with van der Waals surface area (Å²) in [5.74, 6) is 0. The molecular formula is C20H22. The lowest BCUT2D eigenvalue weighted by molar-refractivity contribution is 1.34. The van der Waals surface area contributed by atoms with Gasteiger partial charge in [-0.25, -0.2) is 0 Å². The Morgan fingerprint density at radius 1 is 0.450 bits per heavy atom. The number of hydrogen-bond acceptors (Lipinski definition) is 0. The topological polar surface area (TPSA) is 0 Å². The Morgan fingerprint density at radius 3 is 1.15 bits per heavy atom. The molecule has 0 saturated heterocycles. The highest BCUT2D eigenvalue weighted by molar-refractivity contribution is 5.83. The maximum atomic E-state index is 2.24. The van der Waals surface area contributed by atoms with E-state index in [1.54, 1.807) is 0 Å². The molecule has 0 atom stereocenters. The van der Waals surface area contributed by atoms with E-state index in [0.717, 1.165) is 0 Å². The molecule has 0 heteroatoms. The van der Waals surface area contributed by atoms with Gasteiger partial charge >= 0.3 is 0 Å². The van der Waals surface area contributed by atoms with Crippen LogP contribution in [-0.2, 0) is 0 Å². The standard InChI is InChI=1S/C12H12.C8H10/c1-9-7-11-5-3-4-6-12(11)8-10(9)2;1-7-5-3-4-6-8(7)2/h3-8H,1-2H3;3-6H,1-2H3. The number of hydrogen-bond donors (Lipinski definition) is 0. The Balaban J connectivity index is 0.000000160. The fourth-order valence-electron chi connectivity index (χ4n) is 2.13. The van der Waals surface area contributed by atoms with Gasteiger partial charge in [0.25, 0.3) is 0 Å². The van der Waals surface area contributed by atoms with Gasteiger partial charge in [-0.2, -0.15) is 0 Å². The normalized spacial score (nSPS) is 10.0. The van der Waals surface area contributed by atoms with Gasteiger partial charge in [0, 0.05) is 0 Å². The van der Waals surface area contributed by atoms with Gasteiger partial charge in [-0.05, 0) is 60.7 Å². The van der Waals surface area contributed by atoms with Gasteiger partial charge in [0.2, 0.25) is 0 Å². The van der Waals surface area contributed by atoms with Gasteiger partial charge in [-0.1, -0.05) is 60.7 Å². The molecule has 0 nitrogen and oxygen atoms in total. The maximum Gasteiger partial charge on any atom is -0.0181 e. The molecule has 3 aromatic carbocycles. The van der Waals surface area contributed by atoms with E-state index in [0.29, 0.717) is 0 Å². The van der Waals surface area contributed by atoms with Gasteiger partial charge in [0.15, 0.2) is 0 Å². The highest BCUT2D eigenvalue weighted by Gasteiger charge is 1.95. The van der Waals surface area contributed by atoms with E-state index < -0.39 is 0 Å². The van der Waals surface area contributed by atoms with Crippen LogP contribution in [0.1, 0.15) is 22.3 Å². The smallest absolute Gasteiger partial charge is 0.0181 e. The molecule has 0 saturated carbocycles. The third kappa shape index (κ3) is 3.48. The monoisotopic (exact) mass is 262 g/mol. The summed E-state index contributed by atoms with van der Waals surface area (Å²) in [6.07, 6.45) is 0. The fraction of sp³-hybridized carbons (Fsp3) is 0.200. The second-order valence-corrected chi connectivity index (χ2v) is 5.37. The van der Waals surface area contributed by atoms with E-state index in [9.17, 15) is 0 Å². The molecule has 0 spiro atoms. The predicted octanol–water partition coefficient (Wildman–Crippen LogP) is 5.76. The molecular weight excluding hydrogens is 240 g/mol. The van der Waals surface area contributed by atoms with Crippen molar-refractivity contribution in [2.45, 2.75) is 27.7 Å². The van der Waals surface area contributed by atoms with Crippen molar-refractivity contribution in [3.63, 3.8) is 0 Å². The molecule has 0 amide bonds. The number of benzene rings is 3. The first kappa shape index (κ1) is 14.3. The van der Waals surface area contributed by atoms with Crippen LogP contribution in [0.3, 0.4) is 0 Å². The first-order chi connectivity index (χ1) is 9.58. The summed E-state index contributed by atoms with van der Waals surface area (Å²) in [5, 5.41) is 2.67. The lowest BCUT2D eigenvalue weighted by Crippen LogP contribution is -1.80. The minimum atomic E-state index is 1.33. The van der Waals surface area contributed by atoms with Crippen LogP contribution in [0.2, 0.25) is 0 Å². The highest BCUT2D eigenvalue weighted by atomic mass is 14.0. The minimum Gasteiger partial charge on any atom is -0.0620 e. The Kier molecular flexibility index (Phi) is 4.57. The predicted molar refractivity (Wildman–Crippen MR) is 89.3 cm³/mol. The van der Waals surface area contributed by atoms with Crippen molar-refractivity contribution in [2.75, 3.05) is 0 Å². The molecule has 102 valence electrons. The van der Waals surface area contributed by atoms with Crippen LogP contribution < -0.4 is 0 Å². The summed E-state index contributed by atoms with van der Waals surface area (Å²) in [4.78, 5) is 0. The third-order valence-corrected chi connectivity index (χ3v) is 3.79. The van der Waals surface area contributed by atoms with Crippen LogP contribution in [0.5, 0.6) is 0 Å². The molecule has 0 aliphatic carbocycles. The molecule has 0 aliphatic rings. The van der Waals surface area contributed by atoms with Crippen LogP contribution in [0, 0.1) is 27.7 Å². The summed E-state index contributed by atoms with van der Waals surface area (Å²) in [5.41, 5.74) is 5.47. The molecule has 0 bridgehead atoms. The molecule has 0 aliphatic heterocycles. The minimum absolute atomic E-state index is 1.33. The summed E-state index contributed by atoms with van der Waals surface area (Å²) in [7, 11) is 0. The molecule has 0 aromatic heterocycles. The van der Waals surface area contributed by atoms with E-state index in [-0.39, 0.29) is 0 Å². The quantitative estimate of drug-likeness (QED) is 0.483. The van der Waals surface area contributed by atoms with Crippen molar-refractivity contribution in [1.82, 2.24) is 0 Å². The van der Waals surface area contributed by atoms with Crippen molar-refractivity contribution in [1.29, 1.82) is 0 Å². The molecule has 3 rings (SSSR count). The average Bonchev–Trinajstić information content (AvgIpc) is 2.44. The second kappa shape index (κ2) is 6.38. The zero-order valence-corrected chi connectivity index (χ0v) is 12.8. The third-order valence-electron chi connectivity index (χ3n) is 3.79. The fourth-order valence-corrected chi connectivity index (χ4v) is 2.13. The SMILES string of the molecule is Cc1cc2ccccc2cc1C.Cc1ccccc1C. The Bertz CT molecular complexity index is 647. The van der Waals surface area contributed by atoms with E-state index in [4.69, 9.17) is 0 Å². The van der Waals surface area contributed by atoms with Gasteiger partial charge in [-0.15, -0.1) is 0 Å². The van der Waals surface area contributed by atoms with Gasteiger partial charge < -0.3 is 0 Å². The van der Waals surface area contributed by atoms with E-state index in [1.165, 1.54) is 33.0 Å². The van der Waals surface area contributed by atoms with E-state index in [2.05, 4.69) is 88.4 Å². The van der Waals surface area contributed by atoms with E-state index >= 15 is 0 Å². The van der Waals surface area contributed by atoms with Gasteiger partial charge in [-0.3, -0.25) is 0 Å². The van der Waals surface area contributed by atoms with Gasteiger partial charge in [0.1, 0.15) is 0 Å². The number of rotatable bonds is 0. The van der Waals surface area contributed by atoms with Crippen molar-refractivity contribution in [2.24, 2.45) is 0 Å². The highest BCUT2D eigenvalue weighted by Crippen LogP contribution is 2.18. The Labute approximate surface area is 122 Å². The summed E-state index contributed by atoms with van der Waals surface area (Å²) < 4.78 is 0. The molecule has 0 heterocycles. The maximum absolute atomic E-state index is 2.24. The summed E-state index contributed by atoms with van der Waals surface area (Å²) >= 11 is 0. The van der Waals surface area contributed by atoms with Crippen LogP contribution >= 0.6 is 0 Å². The van der Waals surface area contributed by atoms with Crippen molar-refractivity contribution in [3.05, 3.63) is 82.9 Å². The van der Waals surface area contributed by atoms with E-state index in [1.807, 2.05) is 0 Å². The lowest BCUT2D eigenvalue weighted by Gasteiger charge is -2.02. The molecule has 3 aromatic rings. The van der Waals surface area contributed by atoms with Crippen molar-refractivity contribution < 1.29 is 0 Å². The molecule has 0 N–H and O–H groups in total. The average molecular weight is 262 g/mol. The van der Waals surface area contributed by atoms with Crippen LogP contribution in [0.4, 0.5) is 0 Å². The summed E-state index contributed by atoms with van der Waals surface area (Å²) in [6, 6.07) is 21.3. The Hall–Kier alpha value is -2.08. The first-order valence-electron chi connectivity index (χ1n) is 7.06. The zero-order valence-electron chi connectivity index (χ0n) is 12.8. The van der Waals surface area contributed by atoms with Gasteiger partial charge in [0.05, 0.1) is 0 Å². The first-order valence-corrected chi connectivity index (χ1v) is 7.06. The van der Waals surface area contributed by atoms with Crippen LogP contribution in [0.25, 0.3) is 10.8 Å². The molecule has 20 heavy (non-hydrogen) atoms.